The Kier molecular flexibility index (Phi) is 6.45. The molecule has 37 heavy (non-hydrogen) atoms. The predicted octanol–water partition coefficient (Wildman–Crippen LogP) is 6.27. The Labute approximate surface area is 213 Å². The van der Waals surface area contributed by atoms with Crippen molar-refractivity contribution in [2.24, 2.45) is 5.92 Å². The van der Waals surface area contributed by atoms with Gasteiger partial charge in [-0.1, -0.05) is 44.3 Å². The molecule has 0 saturated carbocycles. The van der Waals surface area contributed by atoms with Gasteiger partial charge in [-0.2, -0.15) is 0 Å². The van der Waals surface area contributed by atoms with E-state index in [4.69, 9.17) is 9.51 Å². The lowest BCUT2D eigenvalue weighted by atomic mass is 9.75. The lowest BCUT2D eigenvalue weighted by Crippen LogP contribution is -2.36. The minimum atomic E-state index is -1.58. The van der Waals surface area contributed by atoms with Gasteiger partial charge in [0.15, 0.2) is 0 Å². The van der Waals surface area contributed by atoms with Crippen molar-refractivity contribution in [3.05, 3.63) is 81.5 Å². The van der Waals surface area contributed by atoms with Gasteiger partial charge in [-0.25, -0.2) is 14.2 Å². The topological polar surface area (TPSA) is 108 Å². The highest BCUT2D eigenvalue weighted by Crippen LogP contribution is 2.43. The van der Waals surface area contributed by atoms with Crippen LogP contribution in [0.15, 0.2) is 51.8 Å². The number of pyridine rings is 1. The summed E-state index contributed by atoms with van der Waals surface area (Å²) in [5, 5.41) is 17.6. The Morgan fingerprint density at radius 2 is 1.89 bits per heavy atom. The monoisotopic (exact) mass is 502 g/mol. The predicted molar refractivity (Wildman–Crippen MR) is 142 cm³/mol. The highest BCUT2D eigenvalue weighted by molar-refractivity contribution is 5.87. The van der Waals surface area contributed by atoms with Crippen molar-refractivity contribution < 1.29 is 14.0 Å². The zero-order valence-electron chi connectivity index (χ0n) is 21.5. The molecule has 5 aromatic rings. The van der Waals surface area contributed by atoms with E-state index in [2.05, 4.69) is 22.0 Å². The van der Waals surface area contributed by atoms with Crippen LogP contribution in [-0.4, -0.2) is 25.2 Å². The molecule has 3 aromatic heterocycles. The highest BCUT2D eigenvalue weighted by Gasteiger charge is 2.41. The van der Waals surface area contributed by atoms with Crippen LogP contribution in [0.4, 0.5) is 4.39 Å². The Morgan fingerprint density at radius 3 is 2.62 bits per heavy atom. The van der Waals surface area contributed by atoms with Gasteiger partial charge in [-0.05, 0) is 62.1 Å². The fraction of sp³-hybridized carbons (Fsp3) is 0.345. The summed E-state index contributed by atoms with van der Waals surface area (Å²) in [5.41, 5.74) is 2.76. The second-order valence-corrected chi connectivity index (χ2v) is 9.92. The number of aryl methyl sites for hydroxylation is 2. The molecular formula is C29H31FN4O3. The molecule has 0 spiro atoms. The summed E-state index contributed by atoms with van der Waals surface area (Å²) in [5.74, 6) is -0.0203. The highest BCUT2D eigenvalue weighted by atomic mass is 19.1. The first kappa shape index (κ1) is 24.9. The van der Waals surface area contributed by atoms with Gasteiger partial charge in [0.2, 0.25) is 0 Å². The van der Waals surface area contributed by atoms with E-state index in [0.717, 1.165) is 42.2 Å². The first-order valence-electron chi connectivity index (χ1n) is 12.7. The van der Waals surface area contributed by atoms with Gasteiger partial charge >= 0.3 is 5.69 Å². The van der Waals surface area contributed by atoms with Crippen molar-refractivity contribution in [1.29, 1.82) is 0 Å². The van der Waals surface area contributed by atoms with Gasteiger partial charge in [-0.3, -0.25) is 0 Å². The molecule has 7 nitrogen and oxygen atoms in total. The van der Waals surface area contributed by atoms with Gasteiger partial charge in [0.1, 0.15) is 17.2 Å². The van der Waals surface area contributed by atoms with E-state index in [1.165, 1.54) is 12.1 Å². The summed E-state index contributed by atoms with van der Waals surface area (Å²) in [7, 11) is 0. The van der Waals surface area contributed by atoms with Crippen LogP contribution in [0.3, 0.4) is 0 Å². The van der Waals surface area contributed by atoms with Crippen LogP contribution < -0.4 is 5.69 Å². The maximum atomic E-state index is 14.1. The van der Waals surface area contributed by atoms with Crippen LogP contribution in [0.1, 0.15) is 62.2 Å². The average molecular weight is 503 g/mol. The molecule has 0 aliphatic carbocycles. The van der Waals surface area contributed by atoms with Crippen LogP contribution in [0.2, 0.25) is 0 Å². The number of aromatic nitrogens is 4. The van der Waals surface area contributed by atoms with Crippen LogP contribution in [0, 0.1) is 25.6 Å². The van der Waals surface area contributed by atoms with Crippen LogP contribution in [-0.2, 0) is 5.60 Å². The largest absolute Gasteiger partial charge is 0.378 e. The van der Waals surface area contributed by atoms with Gasteiger partial charge in [0, 0.05) is 22.6 Å². The van der Waals surface area contributed by atoms with Gasteiger partial charge < -0.3 is 19.6 Å². The molecule has 8 heteroatoms. The number of imidazole rings is 1. The fourth-order valence-electron chi connectivity index (χ4n) is 5.35. The van der Waals surface area contributed by atoms with Crippen molar-refractivity contribution in [2.75, 3.05) is 0 Å². The molecule has 0 saturated heterocycles. The quantitative estimate of drug-likeness (QED) is 0.217. The molecule has 0 aliphatic heterocycles. The van der Waals surface area contributed by atoms with E-state index in [1.54, 1.807) is 12.1 Å². The minimum Gasteiger partial charge on any atom is -0.378 e. The number of unbranched alkanes of at least 4 members (excludes halogenated alkanes) is 2. The maximum Gasteiger partial charge on any atom is 0.323 e. The Balaban J connectivity index is 1.80. The Hall–Kier alpha value is -3.78. The van der Waals surface area contributed by atoms with Crippen LogP contribution in [0.25, 0.3) is 33.1 Å². The molecule has 0 radical (unpaired) electrons. The summed E-state index contributed by atoms with van der Waals surface area (Å²) < 4.78 is 19.5. The van der Waals surface area contributed by atoms with Gasteiger partial charge in [-0.15, -0.1) is 0 Å². The summed E-state index contributed by atoms with van der Waals surface area (Å²) >= 11 is 0. The fourth-order valence-corrected chi connectivity index (χ4v) is 5.35. The van der Waals surface area contributed by atoms with E-state index in [9.17, 15) is 14.3 Å². The molecule has 0 amide bonds. The number of hydrogen-bond donors (Lipinski definition) is 3. The maximum absolute atomic E-state index is 14.1. The average Bonchev–Trinajstić information content (AvgIpc) is 3.42. The lowest BCUT2D eigenvalue weighted by Gasteiger charge is -2.35. The first-order chi connectivity index (χ1) is 17.7. The van der Waals surface area contributed by atoms with Crippen molar-refractivity contribution >= 4 is 21.9 Å². The molecule has 0 aliphatic rings. The molecule has 3 heterocycles. The van der Waals surface area contributed by atoms with E-state index in [0.29, 0.717) is 39.3 Å². The number of rotatable bonds is 8. The number of aliphatic hydroxyl groups is 1. The number of aromatic amines is 2. The van der Waals surface area contributed by atoms with Crippen molar-refractivity contribution in [2.45, 2.75) is 59.0 Å². The molecule has 2 unspecified atom stereocenters. The van der Waals surface area contributed by atoms with Crippen LogP contribution >= 0.6 is 0 Å². The summed E-state index contributed by atoms with van der Waals surface area (Å²) in [6, 6.07) is 11.8. The standard InChI is InChI=1S/C29H31FN4O3/c1-5-6-7-8-16(2)29(36,25-12-10-19-9-11-21(30)15-23(19)31-25)22-13-20(26-17(3)34-37-18(26)4)14-24-27(22)33-28(35)32-24/h9-16,36H,5-8H2,1-4H3,(H2,32,33,35). The summed E-state index contributed by atoms with van der Waals surface area (Å²) in [6.45, 7) is 7.82. The van der Waals surface area contributed by atoms with E-state index < -0.39 is 11.4 Å². The number of nitrogens with zero attached hydrogens (tertiary/aromatic N) is 2. The third-order valence-electron chi connectivity index (χ3n) is 7.36. The number of hydrogen-bond acceptors (Lipinski definition) is 5. The zero-order chi connectivity index (χ0) is 26.3. The molecule has 0 bridgehead atoms. The summed E-state index contributed by atoms with van der Waals surface area (Å²) in [4.78, 5) is 22.9. The molecule has 2 atom stereocenters. The molecule has 192 valence electrons. The van der Waals surface area contributed by atoms with E-state index in [-0.39, 0.29) is 11.6 Å². The zero-order valence-corrected chi connectivity index (χ0v) is 21.5. The van der Waals surface area contributed by atoms with Crippen LogP contribution in [0.5, 0.6) is 0 Å². The minimum absolute atomic E-state index is 0.265. The second-order valence-electron chi connectivity index (χ2n) is 9.92. The molecule has 2 aromatic carbocycles. The van der Waals surface area contributed by atoms with E-state index in [1.807, 2.05) is 39.0 Å². The first-order valence-corrected chi connectivity index (χ1v) is 12.7. The third kappa shape index (κ3) is 4.35. The number of halogens is 1. The number of benzene rings is 2. The second kappa shape index (κ2) is 9.59. The normalized spacial score (nSPS) is 14.3. The van der Waals surface area contributed by atoms with Gasteiger partial charge in [0.05, 0.1) is 27.9 Å². The molecule has 5 rings (SSSR count). The Morgan fingerprint density at radius 1 is 1.11 bits per heavy atom. The SMILES string of the molecule is CCCCCC(C)C(O)(c1ccc2ccc(F)cc2n1)c1cc(-c2c(C)noc2C)cc2[nH]c(=O)[nH]c12. The summed E-state index contributed by atoms with van der Waals surface area (Å²) in [6.07, 6.45) is 3.75. The van der Waals surface area contributed by atoms with Crippen molar-refractivity contribution in [3.63, 3.8) is 0 Å². The van der Waals surface area contributed by atoms with Gasteiger partial charge in [0.25, 0.3) is 0 Å². The van der Waals surface area contributed by atoms with Crippen molar-refractivity contribution in [3.8, 4) is 11.1 Å². The third-order valence-corrected chi connectivity index (χ3v) is 7.36. The number of nitrogens with one attached hydrogen (secondary N) is 2. The molecular weight excluding hydrogens is 471 g/mol. The molecule has 3 N–H and O–H groups in total. The Bertz CT molecular complexity index is 1630. The smallest absolute Gasteiger partial charge is 0.323 e. The number of H-pyrrole nitrogens is 2. The number of fused-ring (bicyclic) bond motifs is 2. The lowest BCUT2D eigenvalue weighted by molar-refractivity contribution is 0.0167. The van der Waals surface area contributed by atoms with E-state index >= 15 is 0 Å². The van der Waals surface area contributed by atoms with Crippen molar-refractivity contribution in [1.82, 2.24) is 20.1 Å². The molecule has 0 fully saturated rings.